The van der Waals surface area contributed by atoms with Crippen LogP contribution >= 0.6 is 0 Å². The number of piperazine rings is 1. The van der Waals surface area contributed by atoms with Gasteiger partial charge in [0.05, 0.1) is 7.11 Å². The fraction of sp³-hybridized carbons (Fsp3) is 0.308. The third-order valence-electron chi connectivity index (χ3n) is 6.33. The first-order valence-corrected chi connectivity index (χ1v) is 11.7. The van der Waals surface area contributed by atoms with Gasteiger partial charge in [-0.15, -0.1) is 0 Å². The van der Waals surface area contributed by atoms with E-state index in [1.165, 1.54) is 19.1 Å². The summed E-state index contributed by atoms with van der Waals surface area (Å²) in [5.74, 6) is 0.447. The van der Waals surface area contributed by atoms with Crippen LogP contribution in [0, 0.1) is 12.7 Å². The highest BCUT2D eigenvalue weighted by Crippen LogP contribution is 2.38. The first kappa shape index (κ1) is 22.9. The summed E-state index contributed by atoms with van der Waals surface area (Å²) >= 11 is 0. The van der Waals surface area contributed by atoms with Gasteiger partial charge in [-0.1, -0.05) is 6.92 Å². The van der Waals surface area contributed by atoms with Crippen LogP contribution in [0.5, 0.6) is 17.4 Å². The number of ether oxygens (including phenoxy) is 2. The Bertz CT molecular complexity index is 1320. The number of aromatic amines is 1. The molecule has 1 fully saturated rings. The van der Waals surface area contributed by atoms with Crippen molar-refractivity contribution in [2.45, 2.75) is 13.8 Å². The van der Waals surface area contributed by atoms with Crippen molar-refractivity contribution in [1.29, 1.82) is 0 Å². The normalized spacial score (nSPS) is 14.3. The van der Waals surface area contributed by atoms with Crippen molar-refractivity contribution in [2.24, 2.45) is 0 Å². The van der Waals surface area contributed by atoms with Crippen LogP contribution < -0.4 is 19.7 Å². The summed E-state index contributed by atoms with van der Waals surface area (Å²) in [4.78, 5) is 16.5. The van der Waals surface area contributed by atoms with Crippen LogP contribution in [-0.4, -0.2) is 59.7 Å². The van der Waals surface area contributed by atoms with E-state index in [0.29, 0.717) is 16.7 Å². The minimum absolute atomic E-state index is 0.0620. The monoisotopic (exact) mass is 476 g/mol. The maximum Gasteiger partial charge on any atom is 0.268 e. The van der Waals surface area contributed by atoms with E-state index in [1.54, 1.807) is 18.2 Å². The number of fused-ring (bicyclic) bond motifs is 1. The van der Waals surface area contributed by atoms with E-state index in [9.17, 15) is 0 Å². The molecule has 0 spiro atoms. The summed E-state index contributed by atoms with van der Waals surface area (Å²) in [5.41, 5.74) is 3.62. The molecule has 1 saturated heterocycles. The summed E-state index contributed by atoms with van der Waals surface area (Å²) in [7, 11) is 1.50. The number of hydrogen-bond donors (Lipinski definition) is 2. The van der Waals surface area contributed by atoms with Crippen LogP contribution in [0.2, 0.25) is 0 Å². The first-order chi connectivity index (χ1) is 17.1. The highest BCUT2D eigenvalue weighted by atomic mass is 19.1. The zero-order chi connectivity index (χ0) is 24.4. The molecular formula is C26H29FN6O2. The minimum Gasteiger partial charge on any atom is -0.489 e. The Balaban J connectivity index is 1.34. The van der Waals surface area contributed by atoms with E-state index in [1.807, 2.05) is 19.1 Å². The molecule has 9 heteroatoms. The van der Waals surface area contributed by atoms with Gasteiger partial charge in [0.15, 0.2) is 17.4 Å². The number of aromatic nitrogens is 3. The second-order valence-corrected chi connectivity index (χ2v) is 8.55. The van der Waals surface area contributed by atoms with E-state index >= 15 is 4.39 Å². The van der Waals surface area contributed by atoms with Crippen molar-refractivity contribution >= 4 is 28.1 Å². The van der Waals surface area contributed by atoms with Gasteiger partial charge in [-0.05, 0) is 55.9 Å². The molecule has 0 saturated carbocycles. The Labute approximate surface area is 203 Å². The Morgan fingerprint density at radius 2 is 1.83 bits per heavy atom. The van der Waals surface area contributed by atoms with Gasteiger partial charge in [0.2, 0.25) is 5.75 Å². The fourth-order valence-electron chi connectivity index (χ4n) is 4.39. The van der Waals surface area contributed by atoms with Gasteiger partial charge in [0.1, 0.15) is 6.33 Å². The lowest BCUT2D eigenvalue weighted by Crippen LogP contribution is -2.46. The maximum atomic E-state index is 15.0. The lowest BCUT2D eigenvalue weighted by atomic mass is 10.2. The molecule has 35 heavy (non-hydrogen) atoms. The summed E-state index contributed by atoms with van der Waals surface area (Å²) in [6.07, 6.45) is 1.36. The molecule has 1 aliphatic rings. The third-order valence-corrected chi connectivity index (χ3v) is 6.33. The molecule has 0 radical (unpaired) electrons. The van der Waals surface area contributed by atoms with E-state index in [0.717, 1.165) is 44.1 Å². The molecule has 2 N–H and O–H groups in total. The fourth-order valence-corrected chi connectivity index (χ4v) is 4.39. The molecule has 0 aliphatic carbocycles. The Kier molecular flexibility index (Phi) is 6.41. The van der Waals surface area contributed by atoms with Gasteiger partial charge in [-0.2, -0.15) is 4.98 Å². The lowest BCUT2D eigenvalue weighted by Gasteiger charge is -2.35. The van der Waals surface area contributed by atoms with Crippen molar-refractivity contribution in [3.8, 4) is 17.4 Å². The Morgan fingerprint density at radius 1 is 1.06 bits per heavy atom. The van der Waals surface area contributed by atoms with Gasteiger partial charge in [0.25, 0.3) is 5.88 Å². The van der Waals surface area contributed by atoms with Crippen molar-refractivity contribution in [3.63, 3.8) is 0 Å². The number of nitrogens with one attached hydrogen (secondary N) is 2. The molecule has 0 amide bonds. The van der Waals surface area contributed by atoms with Crippen molar-refractivity contribution < 1.29 is 13.9 Å². The SMILES string of the molecule is CCN1CCN(c2ccc(Nc3ncnc(Oc4ccc5[nH]c(C)cc5c4F)c3OC)cc2)CC1. The number of rotatable bonds is 7. The summed E-state index contributed by atoms with van der Waals surface area (Å²) in [6.45, 7) is 9.37. The zero-order valence-corrected chi connectivity index (χ0v) is 20.1. The predicted molar refractivity (Wildman–Crippen MR) is 136 cm³/mol. The van der Waals surface area contributed by atoms with E-state index < -0.39 is 5.82 Å². The molecule has 5 rings (SSSR count). The first-order valence-electron chi connectivity index (χ1n) is 11.7. The number of H-pyrrole nitrogens is 1. The van der Waals surface area contributed by atoms with Crippen LogP contribution in [0.4, 0.5) is 21.6 Å². The Hall–Kier alpha value is -3.85. The molecule has 0 atom stereocenters. The molecule has 1 aliphatic heterocycles. The lowest BCUT2D eigenvalue weighted by molar-refractivity contribution is 0.271. The van der Waals surface area contributed by atoms with Crippen LogP contribution in [-0.2, 0) is 0 Å². The van der Waals surface area contributed by atoms with Gasteiger partial charge in [-0.25, -0.2) is 9.37 Å². The summed E-state index contributed by atoms with van der Waals surface area (Å²) < 4.78 is 26.4. The predicted octanol–water partition coefficient (Wildman–Crippen LogP) is 5.09. The minimum atomic E-state index is -0.461. The zero-order valence-electron chi connectivity index (χ0n) is 20.1. The molecule has 4 aromatic rings. The van der Waals surface area contributed by atoms with Gasteiger partial charge >= 0.3 is 0 Å². The van der Waals surface area contributed by atoms with E-state index in [2.05, 4.69) is 49.1 Å². The van der Waals surface area contributed by atoms with Crippen molar-refractivity contribution in [3.05, 3.63) is 60.3 Å². The number of nitrogens with zero attached hydrogens (tertiary/aromatic N) is 4. The topological polar surface area (TPSA) is 78.5 Å². The van der Waals surface area contributed by atoms with Crippen molar-refractivity contribution in [2.75, 3.05) is 50.1 Å². The molecule has 2 aromatic carbocycles. The standard InChI is InChI=1S/C26H29FN6O2/c1-4-32-11-13-33(14-12-32)19-7-5-18(6-8-19)31-25-24(34-3)26(29-16-28-25)35-22-10-9-21-20(23(22)27)15-17(2)30-21/h5-10,15-16,30H,4,11-14H2,1-3H3,(H,28,29,31). The van der Waals surface area contributed by atoms with Gasteiger partial charge in [0, 0.05) is 54.2 Å². The number of hydrogen-bond acceptors (Lipinski definition) is 7. The van der Waals surface area contributed by atoms with E-state index in [-0.39, 0.29) is 17.4 Å². The highest BCUT2D eigenvalue weighted by Gasteiger charge is 2.19. The average molecular weight is 477 g/mol. The molecule has 8 nitrogen and oxygen atoms in total. The van der Waals surface area contributed by atoms with Crippen LogP contribution in [0.15, 0.2) is 48.8 Å². The van der Waals surface area contributed by atoms with Gasteiger partial charge < -0.3 is 29.6 Å². The second-order valence-electron chi connectivity index (χ2n) is 8.55. The molecule has 2 aromatic heterocycles. The summed E-state index contributed by atoms with van der Waals surface area (Å²) in [6, 6.07) is 13.3. The van der Waals surface area contributed by atoms with E-state index in [4.69, 9.17) is 9.47 Å². The van der Waals surface area contributed by atoms with Crippen molar-refractivity contribution in [1.82, 2.24) is 19.9 Å². The van der Waals surface area contributed by atoms with Crippen LogP contribution in [0.3, 0.4) is 0 Å². The molecular weight excluding hydrogens is 447 g/mol. The number of anilines is 3. The number of aryl methyl sites for hydroxylation is 1. The number of likely N-dealkylation sites (N-methyl/N-ethyl adjacent to an activating group) is 1. The van der Waals surface area contributed by atoms with Gasteiger partial charge in [-0.3, -0.25) is 0 Å². The second kappa shape index (κ2) is 9.79. The number of methoxy groups -OCH3 is 1. The highest BCUT2D eigenvalue weighted by molar-refractivity contribution is 5.83. The average Bonchev–Trinajstić information content (AvgIpc) is 3.28. The maximum absolute atomic E-state index is 15.0. The smallest absolute Gasteiger partial charge is 0.268 e. The van der Waals surface area contributed by atoms with Crippen LogP contribution in [0.25, 0.3) is 10.9 Å². The molecule has 3 heterocycles. The molecule has 0 unspecified atom stereocenters. The largest absolute Gasteiger partial charge is 0.489 e. The number of benzene rings is 2. The quantitative estimate of drug-likeness (QED) is 0.385. The molecule has 0 bridgehead atoms. The molecule has 182 valence electrons. The summed E-state index contributed by atoms with van der Waals surface area (Å²) in [5, 5.41) is 3.72. The third kappa shape index (κ3) is 4.72. The van der Waals surface area contributed by atoms with Crippen LogP contribution in [0.1, 0.15) is 12.6 Å². The number of halogens is 1. The Morgan fingerprint density at radius 3 is 2.54 bits per heavy atom.